The number of hydrogen-bond acceptors (Lipinski definition) is 7. The van der Waals surface area contributed by atoms with E-state index in [1.54, 1.807) is 18.5 Å². The van der Waals surface area contributed by atoms with Crippen molar-refractivity contribution in [2.45, 2.75) is 31.7 Å². The van der Waals surface area contributed by atoms with Crippen LogP contribution in [0.15, 0.2) is 30.6 Å². The first-order valence-corrected chi connectivity index (χ1v) is 10.9. The maximum atomic E-state index is 13.4. The number of amides is 2. The van der Waals surface area contributed by atoms with Crippen LogP contribution in [-0.2, 0) is 14.3 Å². The zero-order valence-corrected chi connectivity index (χ0v) is 19.4. The second-order valence-corrected chi connectivity index (χ2v) is 9.11. The molecule has 0 bridgehead atoms. The van der Waals surface area contributed by atoms with Crippen molar-refractivity contribution in [3.05, 3.63) is 35.6 Å². The number of alkyl carbamates (subject to hydrolysis) is 1. The number of methoxy groups -OCH3 is 1. The molecule has 4 rings (SSSR count). The van der Waals surface area contributed by atoms with Gasteiger partial charge < -0.3 is 30.8 Å². The molecule has 11 heteroatoms. The fourth-order valence-corrected chi connectivity index (χ4v) is 4.35. The molecule has 2 aromatic heterocycles. The monoisotopic (exact) mass is 474 g/mol. The number of rotatable bonds is 5. The Balaban J connectivity index is 1.59. The first-order chi connectivity index (χ1) is 15.7. The maximum absolute atomic E-state index is 13.4. The largest absolute Gasteiger partial charge is 0.453 e. The van der Waals surface area contributed by atoms with Gasteiger partial charge in [-0.2, -0.15) is 0 Å². The van der Waals surface area contributed by atoms with Crippen LogP contribution in [-0.4, -0.2) is 71.5 Å². The summed E-state index contributed by atoms with van der Waals surface area (Å²) in [5.41, 5.74) is 7.74. The molecule has 1 fully saturated rings. The number of benzene rings is 1. The van der Waals surface area contributed by atoms with E-state index in [4.69, 9.17) is 22.1 Å². The first kappa shape index (κ1) is 23.2. The smallest absolute Gasteiger partial charge is 0.408 e. The highest BCUT2D eigenvalue weighted by atomic mass is 35.5. The first-order valence-electron chi connectivity index (χ1n) is 10.5. The summed E-state index contributed by atoms with van der Waals surface area (Å²) in [5, 5.41) is 7.87. The van der Waals surface area contributed by atoms with Crippen molar-refractivity contribution >= 4 is 51.1 Å². The Kier molecular flexibility index (Phi) is 6.44. The van der Waals surface area contributed by atoms with E-state index in [9.17, 15) is 9.59 Å². The van der Waals surface area contributed by atoms with Crippen molar-refractivity contribution in [3.63, 3.8) is 0 Å². The standard InChI is InChI=1S/C22H27ClN6O4/c1-22(2)11-29(9-18(24)28-21(31)32-3)17(10-33-22)20(30)27-15-7-12(23)6-14-13-4-5-25-8-16(13)26-19(14)15/h4-8,17-18,26H,9-11,24H2,1-3H3,(H,27,30)(H,28,31)/t17-,18+/m0/s1. The molecule has 33 heavy (non-hydrogen) atoms. The molecule has 2 atom stereocenters. The minimum atomic E-state index is -0.722. The number of nitrogens with one attached hydrogen (secondary N) is 3. The normalized spacial score (nSPS) is 19.4. The van der Waals surface area contributed by atoms with Crippen LogP contribution >= 0.6 is 11.6 Å². The molecule has 0 aliphatic carbocycles. The number of H-pyrrole nitrogens is 1. The molecule has 0 radical (unpaired) electrons. The van der Waals surface area contributed by atoms with E-state index >= 15 is 0 Å². The Morgan fingerprint density at radius 2 is 2.21 bits per heavy atom. The van der Waals surface area contributed by atoms with Crippen molar-refractivity contribution in [2.75, 3.05) is 32.1 Å². The summed E-state index contributed by atoms with van der Waals surface area (Å²) in [6.07, 6.45) is 2.08. The van der Waals surface area contributed by atoms with E-state index < -0.39 is 23.9 Å². The van der Waals surface area contributed by atoms with Crippen LogP contribution in [0.4, 0.5) is 10.5 Å². The molecule has 0 spiro atoms. The van der Waals surface area contributed by atoms with Gasteiger partial charge in [-0.25, -0.2) is 4.79 Å². The number of hydrogen-bond donors (Lipinski definition) is 4. The van der Waals surface area contributed by atoms with Gasteiger partial charge in [0, 0.05) is 35.1 Å². The molecular weight excluding hydrogens is 448 g/mol. The van der Waals surface area contributed by atoms with Gasteiger partial charge in [0.05, 0.1) is 48.4 Å². The number of halogens is 1. The summed E-state index contributed by atoms with van der Waals surface area (Å²) in [7, 11) is 1.27. The zero-order chi connectivity index (χ0) is 23.8. The summed E-state index contributed by atoms with van der Waals surface area (Å²) in [6.45, 7) is 4.73. The van der Waals surface area contributed by atoms with Crippen molar-refractivity contribution in [2.24, 2.45) is 5.73 Å². The van der Waals surface area contributed by atoms with Gasteiger partial charge in [-0.15, -0.1) is 0 Å². The average Bonchev–Trinajstić information content (AvgIpc) is 3.11. The summed E-state index contributed by atoms with van der Waals surface area (Å²) < 4.78 is 10.5. The average molecular weight is 475 g/mol. The van der Waals surface area contributed by atoms with E-state index in [0.29, 0.717) is 17.3 Å². The Labute approximate surface area is 195 Å². The van der Waals surface area contributed by atoms with Gasteiger partial charge in [-0.3, -0.25) is 14.7 Å². The van der Waals surface area contributed by atoms with Crippen molar-refractivity contribution in [1.82, 2.24) is 20.2 Å². The topological polar surface area (TPSA) is 135 Å². The van der Waals surface area contributed by atoms with Gasteiger partial charge in [0.2, 0.25) is 5.91 Å². The van der Waals surface area contributed by atoms with Crippen LogP contribution in [0.2, 0.25) is 5.02 Å². The van der Waals surface area contributed by atoms with Gasteiger partial charge >= 0.3 is 6.09 Å². The summed E-state index contributed by atoms with van der Waals surface area (Å²) in [5.74, 6) is -0.267. The van der Waals surface area contributed by atoms with E-state index in [2.05, 4.69) is 25.3 Å². The Bertz CT molecular complexity index is 1200. The molecule has 0 unspecified atom stereocenters. The number of carbonyl (C=O) groups excluding carboxylic acids is 2. The van der Waals surface area contributed by atoms with Gasteiger partial charge in [0.15, 0.2) is 0 Å². The molecule has 0 saturated carbocycles. The molecule has 1 aliphatic rings. The van der Waals surface area contributed by atoms with Gasteiger partial charge in [0.25, 0.3) is 0 Å². The third-order valence-electron chi connectivity index (χ3n) is 5.61. The molecule has 1 aliphatic heterocycles. The van der Waals surface area contributed by atoms with Crippen molar-refractivity contribution in [3.8, 4) is 0 Å². The molecule has 10 nitrogen and oxygen atoms in total. The van der Waals surface area contributed by atoms with Gasteiger partial charge in [0.1, 0.15) is 6.04 Å². The summed E-state index contributed by atoms with van der Waals surface area (Å²) in [4.78, 5) is 34.2. The molecular formula is C22H27ClN6O4. The van der Waals surface area contributed by atoms with E-state index in [0.717, 1.165) is 21.8 Å². The number of fused-ring (bicyclic) bond motifs is 3. The lowest BCUT2D eigenvalue weighted by Gasteiger charge is -2.43. The Morgan fingerprint density at radius 1 is 1.42 bits per heavy atom. The highest BCUT2D eigenvalue weighted by molar-refractivity contribution is 6.33. The number of carbonyl (C=O) groups is 2. The minimum Gasteiger partial charge on any atom is -0.453 e. The second-order valence-electron chi connectivity index (χ2n) is 8.67. The molecule has 176 valence electrons. The Hall–Kier alpha value is -2.92. The predicted octanol–water partition coefficient (Wildman–Crippen LogP) is 2.43. The van der Waals surface area contributed by atoms with Crippen LogP contribution in [0.25, 0.3) is 21.8 Å². The van der Waals surface area contributed by atoms with E-state index in [-0.39, 0.29) is 19.1 Å². The number of aromatic amines is 1. The molecule has 3 aromatic rings. The third-order valence-corrected chi connectivity index (χ3v) is 5.83. The SMILES string of the molecule is COC(=O)N[C@@H](N)CN1CC(C)(C)OC[C@H]1C(=O)Nc1cc(Cl)cc2c1[nH]c1cnccc12. The maximum Gasteiger partial charge on any atom is 0.408 e. The lowest BCUT2D eigenvalue weighted by atomic mass is 10.0. The minimum absolute atomic E-state index is 0.171. The highest BCUT2D eigenvalue weighted by Crippen LogP contribution is 2.33. The predicted molar refractivity (Wildman–Crippen MR) is 126 cm³/mol. The number of morpholine rings is 1. The highest BCUT2D eigenvalue weighted by Gasteiger charge is 2.38. The number of ether oxygens (including phenoxy) is 2. The second kappa shape index (κ2) is 9.14. The van der Waals surface area contributed by atoms with Crippen LogP contribution in [0.1, 0.15) is 13.8 Å². The third kappa shape index (κ3) is 5.03. The number of aromatic nitrogens is 2. The quantitative estimate of drug-likeness (QED) is 0.417. The molecule has 3 heterocycles. The van der Waals surface area contributed by atoms with Crippen LogP contribution in [0, 0.1) is 0 Å². The molecule has 5 N–H and O–H groups in total. The van der Waals surface area contributed by atoms with E-state index in [1.807, 2.05) is 30.9 Å². The molecule has 1 aromatic carbocycles. The summed E-state index contributed by atoms with van der Waals surface area (Å²) in [6, 6.07) is 4.82. The fourth-order valence-electron chi connectivity index (χ4n) is 4.13. The number of nitrogens with zero attached hydrogens (tertiary/aromatic N) is 2. The van der Waals surface area contributed by atoms with E-state index in [1.165, 1.54) is 7.11 Å². The van der Waals surface area contributed by atoms with Crippen LogP contribution < -0.4 is 16.4 Å². The number of anilines is 1. The fraction of sp³-hybridized carbons (Fsp3) is 0.409. The molecule has 1 saturated heterocycles. The Morgan fingerprint density at radius 3 is 2.97 bits per heavy atom. The number of nitrogens with two attached hydrogens (primary N) is 1. The van der Waals surface area contributed by atoms with Crippen LogP contribution in [0.5, 0.6) is 0 Å². The lowest BCUT2D eigenvalue weighted by Crippen LogP contribution is -2.62. The van der Waals surface area contributed by atoms with Gasteiger partial charge in [-0.1, -0.05) is 11.6 Å². The zero-order valence-electron chi connectivity index (χ0n) is 18.6. The van der Waals surface area contributed by atoms with Crippen molar-refractivity contribution in [1.29, 1.82) is 0 Å². The lowest BCUT2D eigenvalue weighted by molar-refractivity contribution is -0.143. The van der Waals surface area contributed by atoms with Crippen LogP contribution in [0.3, 0.4) is 0 Å². The van der Waals surface area contributed by atoms with Gasteiger partial charge in [-0.05, 0) is 32.0 Å². The molecule has 2 amide bonds. The summed E-state index contributed by atoms with van der Waals surface area (Å²) >= 11 is 6.36. The van der Waals surface area contributed by atoms with Crippen molar-refractivity contribution < 1.29 is 19.1 Å². The number of pyridine rings is 1.